The molecular formula is C29H36FN8O3+. The van der Waals surface area contributed by atoms with Gasteiger partial charge in [0, 0.05) is 56.7 Å². The number of benzene rings is 2. The Labute approximate surface area is 237 Å². The number of halogens is 1. The van der Waals surface area contributed by atoms with Gasteiger partial charge in [-0.1, -0.05) is 4.98 Å². The molecule has 1 aliphatic rings. The average Bonchev–Trinajstić information content (AvgIpc) is 3.46. The molecule has 1 saturated heterocycles. The van der Waals surface area contributed by atoms with E-state index in [2.05, 4.69) is 55.6 Å². The quantitative estimate of drug-likeness (QED) is 0.199. The highest BCUT2D eigenvalue weighted by molar-refractivity contribution is 6.01. The summed E-state index contributed by atoms with van der Waals surface area (Å²) in [6.07, 6.45) is 1.77. The number of ether oxygens (including phenoxy) is 1. The summed E-state index contributed by atoms with van der Waals surface area (Å²) < 4.78 is 19.8. The van der Waals surface area contributed by atoms with Crippen LogP contribution >= 0.6 is 0 Å². The van der Waals surface area contributed by atoms with E-state index in [0.29, 0.717) is 34.9 Å². The topological polar surface area (TPSA) is 132 Å². The molecule has 6 N–H and O–H groups in total. The molecule has 12 heteroatoms. The van der Waals surface area contributed by atoms with Gasteiger partial charge in [0.2, 0.25) is 11.5 Å². The first-order chi connectivity index (χ1) is 19.9. The van der Waals surface area contributed by atoms with Crippen LogP contribution in [0.2, 0.25) is 0 Å². The van der Waals surface area contributed by atoms with Crippen LogP contribution in [0.15, 0.2) is 48.7 Å². The first kappa shape index (κ1) is 28.1. The number of H-pyrrole nitrogens is 2. The maximum atomic E-state index is 14.0. The molecule has 1 fully saturated rings. The zero-order chi connectivity index (χ0) is 28.9. The van der Waals surface area contributed by atoms with Gasteiger partial charge >= 0.3 is 5.95 Å². The van der Waals surface area contributed by atoms with Crippen molar-refractivity contribution in [3.8, 4) is 5.75 Å². The number of aliphatic hydroxyl groups is 1. The van der Waals surface area contributed by atoms with Crippen LogP contribution in [0.5, 0.6) is 5.75 Å². The SMILES string of the molecule is COc1cc(N2CCN(C(C)C)CC2)ccc1Nc1nc(Nc2ccc(F)cc2C(=O)NCCO)c2cc[nH]c2[nH+]1. The lowest BCUT2D eigenvalue weighted by Crippen LogP contribution is -2.48. The van der Waals surface area contributed by atoms with Gasteiger partial charge in [-0.2, -0.15) is 0 Å². The van der Waals surface area contributed by atoms with E-state index in [0.717, 1.165) is 49.0 Å². The summed E-state index contributed by atoms with van der Waals surface area (Å²) in [7, 11) is 1.64. The molecule has 5 rings (SSSR count). The predicted molar refractivity (Wildman–Crippen MR) is 157 cm³/mol. The van der Waals surface area contributed by atoms with Crippen molar-refractivity contribution in [1.29, 1.82) is 0 Å². The van der Waals surface area contributed by atoms with Crippen molar-refractivity contribution < 1.29 is 24.0 Å². The molecular weight excluding hydrogens is 527 g/mol. The Kier molecular flexibility index (Phi) is 8.50. The van der Waals surface area contributed by atoms with E-state index in [1.54, 1.807) is 13.3 Å². The second-order valence-corrected chi connectivity index (χ2v) is 10.1. The van der Waals surface area contributed by atoms with Crippen LogP contribution < -0.4 is 30.6 Å². The minimum atomic E-state index is -0.550. The number of aromatic amines is 2. The Bertz CT molecular complexity index is 1520. The third-order valence-electron chi connectivity index (χ3n) is 7.19. The molecule has 2 aromatic carbocycles. The van der Waals surface area contributed by atoms with Crippen LogP contribution in [-0.2, 0) is 0 Å². The minimum Gasteiger partial charge on any atom is -0.493 e. The summed E-state index contributed by atoms with van der Waals surface area (Å²) >= 11 is 0. The first-order valence-corrected chi connectivity index (χ1v) is 13.7. The van der Waals surface area contributed by atoms with Crippen molar-refractivity contribution >= 4 is 45.8 Å². The Morgan fingerprint density at radius 1 is 1.12 bits per heavy atom. The van der Waals surface area contributed by atoms with Gasteiger partial charge in [0.1, 0.15) is 11.5 Å². The van der Waals surface area contributed by atoms with Gasteiger partial charge in [0.15, 0.2) is 5.75 Å². The third kappa shape index (κ3) is 6.34. The van der Waals surface area contributed by atoms with Gasteiger partial charge in [0.05, 0.1) is 30.4 Å². The largest absolute Gasteiger partial charge is 0.493 e. The molecule has 4 aromatic rings. The van der Waals surface area contributed by atoms with E-state index in [1.807, 2.05) is 18.2 Å². The molecule has 1 amide bonds. The highest BCUT2D eigenvalue weighted by atomic mass is 19.1. The molecule has 1 aliphatic heterocycles. The predicted octanol–water partition coefficient (Wildman–Crippen LogP) is 3.26. The fourth-order valence-electron chi connectivity index (χ4n) is 4.95. The zero-order valence-corrected chi connectivity index (χ0v) is 23.4. The van der Waals surface area contributed by atoms with Gasteiger partial charge in [-0.15, -0.1) is 0 Å². The summed E-state index contributed by atoms with van der Waals surface area (Å²) in [5, 5.41) is 18.9. The molecule has 2 aromatic heterocycles. The van der Waals surface area contributed by atoms with Crippen LogP contribution in [-0.4, -0.2) is 78.4 Å². The zero-order valence-electron chi connectivity index (χ0n) is 23.4. The molecule has 0 aliphatic carbocycles. The number of carbonyl (C=O) groups excluding carboxylic acids is 1. The van der Waals surface area contributed by atoms with Crippen molar-refractivity contribution in [1.82, 2.24) is 20.2 Å². The Morgan fingerprint density at radius 3 is 2.63 bits per heavy atom. The van der Waals surface area contributed by atoms with Crippen molar-refractivity contribution in [2.45, 2.75) is 19.9 Å². The second kappa shape index (κ2) is 12.4. The number of carbonyl (C=O) groups is 1. The van der Waals surface area contributed by atoms with Gasteiger partial charge in [-0.05, 0) is 50.2 Å². The molecule has 0 saturated carbocycles. The lowest BCUT2D eigenvalue weighted by molar-refractivity contribution is -0.333. The molecule has 41 heavy (non-hydrogen) atoms. The van der Waals surface area contributed by atoms with Crippen molar-refractivity contribution in [2.24, 2.45) is 0 Å². The van der Waals surface area contributed by atoms with Crippen molar-refractivity contribution in [3.05, 3.63) is 60.0 Å². The average molecular weight is 564 g/mol. The number of nitrogens with one attached hydrogen (secondary N) is 5. The monoisotopic (exact) mass is 563 g/mol. The number of methoxy groups -OCH3 is 1. The van der Waals surface area contributed by atoms with Gasteiger partial charge in [-0.25, -0.2) is 9.37 Å². The van der Waals surface area contributed by atoms with Crippen LogP contribution in [0.4, 0.5) is 33.2 Å². The number of amides is 1. The molecule has 3 heterocycles. The van der Waals surface area contributed by atoms with E-state index in [4.69, 9.17) is 14.8 Å². The highest BCUT2D eigenvalue weighted by Crippen LogP contribution is 2.33. The normalized spacial score (nSPS) is 14.0. The number of hydrogen-bond donors (Lipinski definition) is 5. The van der Waals surface area contributed by atoms with Crippen LogP contribution in [0.3, 0.4) is 0 Å². The lowest BCUT2D eigenvalue weighted by Gasteiger charge is -2.38. The van der Waals surface area contributed by atoms with E-state index in [-0.39, 0.29) is 18.7 Å². The van der Waals surface area contributed by atoms with Gasteiger partial charge in [0.25, 0.3) is 5.91 Å². The summed E-state index contributed by atoms with van der Waals surface area (Å²) in [6, 6.07) is 12.3. The minimum absolute atomic E-state index is 0.0538. The molecule has 0 radical (unpaired) electrons. The Balaban J connectivity index is 1.40. The molecule has 0 unspecified atom stereocenters. The molecule has 0 bridgehead atoms. The Hall–Kier alpha value is -4.42. The lowest BCUT2D eigenvalue weighted by atomic mass is 10.1. The standard InChI is InChI=1S/C29H35FN8O3/c1-18(2)37-11-13-38(14-12-37)20-5-7-24(25(17-20)41-3)34-29-35-26-21(8-9-31-26)27(36-29)33-23-6-4-19(30)16-22(23)28(40)32-10-15-39/h4-9,16-18,39H,10-15H2,1-3H3,(H,32,40)(H3,31,33,34,35,36)/p+1. The van der Waals surface area contributed by atoms with E-state index in [9.17, 15) is 9.18 Å². The number of fused-ring (bicyclic) bond motifs is 1. The van der Waals surface area contributed by atoms with E-state index >= 15 is 0 Å². The smallest absolute Gasteiger partial charge is 0.351 e. The van der Waals surface area contributed by atoms with Gasteiger partial charge < -0.3 is 25.4 Å². The highest BCUT2D eigenvalue weighted by Gasteiger charge is 2.22. The fourth-order valence-corrected chi connectivity index (χ4v) is 4.95. The summed E-state index contributed by atoms with van der Waals surface area (Å²) in [6.45, 7) is 8.22. The Morgan fingerprint density at radius 2 is 1.90 bits per heavy atom. The number of aliphatic hydroxyl groups excluding tert-OH is 1. The van der Waals surface area contributed by atoms with E-state index in [1.165, 1.54) is 12.1 Å². The second-order valence-electron chi connectivity index (χ2n) is 10.1. The number of piperazine rings is 1. The molecule has 11 nitrogen and oxygen atoms in total. The van der Waals surface area contributed by atoms with Crippen LogP contribution in [0.1, 0.15) is 24.2 Å². The summed E-state index contributed by atoms with van der Waals surface area (Å²) in [5.74, 6) is 0.482. The number of hydrogen-bond acceptors (Lipinski definition) is 8. The number of anilines is 5. The molecule has 0 spiro atoms. The maximum Gasteiger partial charge on any atom is 0.351 e. The first-order valence-electron chi connectivity index (χ1n) is 13.7. The van der Waals surface area contributed by atoms with Crippen LogP contribution in [0.25, 0.3) is 11.0 Å². The van der Waals surface area contributed by atoms with E-state index < -0.39 is 11.7 Å². The van der Waals surface area contributed by atoms with Crippen molar-refractivity contribution in [2.75, 3.05) is 62.0 Å². The number of rotatable bonds is 10. The fraction of sp³-hybridized carbons (Fsp3) is 0.345. The molecule has 216 valence electrons. The maximum absolute atomic E-state index is 14.0. The number of nitrogens with zero attached hydrogens (tertiary/aromatic N) is 3. The third-order valence-corrected chi connectivity index (χ3v) is 7.19. The summed E-state index contributed by atoms with van der Waals surface area (Å²) in [4.78, 5) is 28.6. The molecule has 0 atom stereocenters. The summed E-state index contributed by atoms with van der Waals surface area (Å²) in [5.41, 5.74) is 2.98. The number of aromatic nitrogens is 3. The van der Waals surface area contributed by atoms with Gasteiger partial charge in [-0.3, -0.25) is 20.0 Å². The van der Waals surface area contributed by atoms with Crippen LogP contribution in [0, 0.1) is 5.82 Å². The van der Waals surface area contributed by atoms with Crippen molar-refractivity contribution in [3.63, 3.8) is 0 Å².